The zero-order valence-electron chi connectivity index (χ0n) is 14.4. The number of benzene rings is 2. The molecule has 1 aliphatic rings. The zero-order chi connectivity index (χ0) is 18.6. The van der Waals surface area contributed by atoms with Gasteiger partial charge < -0.3 is 20.5 Å². The Kier molecular flexibility index (Phi) is 7.12. The van der Waals surface area contributed by atoms with E-state index < -0.39 is 24.2 Å². The summed E-state index contributed by atoms with van der Waals surface area (Å²) in [6.45, 7) is -2.00. The molecule has 0 bridgehead atoms. The average Bonchev–Trinajstić information content (AvgIpc) is 2.64. The first-order valence-electron chi connectivity index (χ1n) is 8.33. The molecule has 3 N–H and O–H groups in total. The number of β-amino-alcohol motifs (C(OH)–C–C–N with tert-alkyl or cyclic N) is 1. The van der Waals surface area contributed by atoms with Crippen LogP contribution < -0.4 is 15.4 Å². The Morgan fingerprint density at radius 3 is 2.63 bits per heavy atom. The minimum absolute atomic E-state index is 0. The lowest BCUT2D eigenvalue weighted by molar-refractivity contribution is -0.0498. The minimum atomic E-state index is -2.96. The van der Waals surface area contributed by atoms with Crippen molar-refractivity contribution in [3.05, 3.63) is 65.7 Å². The highest BCUT2D eigenvalue weighted by atomic mass is 35.5. The third-order valence-electron chi connectivity index (χ3n) is 4.55. The normalized spacial score (nSPS) is 22.0. The van der Waals surface area contributed by atoms with Gasteiger partial charge in [0.1, 0.15) is 5.75 Å². The van der Waals surface area contributed by atoms with Gasteiger partial charge in [-0.2, -0.15) is 8.78 Å². The van der Waals surface area contributed by atoms with Gasteiger partial charge in [0.15, 0.2) is 0 Å². The van der Waals surface area contributed by atoms with Crippen LogP contribution in [0, 0.1) is 0 Å². The predicted molar refractivity (Wildman–Crippen MR) is 99.4 cm³/mol. The Hall–Kier alpha value is -2.22. The van der Waals surface area contributed by atoms with Crippen LogP contribution in [0.3, 0.4) is 0 Å². The van der Waals surface area contributed by atoms with Crippen molar-refractivity contribution in [2.24, 2.45) is 0 Å². The van der Waals surface area contributed by atoms with Gasteiger partial charge in [0.05, 0.1) is 11.6 Å². The van der Waals surface area contributed by atoms with Gasteiger partial charge in [-0.05, 0) is 36.7 Å². The summed E-state index contributed by atoms with van der Waals surface area (Å²) in [7, 11) is 0. The van der Waals surface area contributed by atoms with Gasteiger partial charge in [0, 0.05) is 12.1 Å². The summed E-state index contributed by atoms with van der Waals surface area (Å²) in [6, 6.07) is 14.8. The van der Waals surface area contributed by atoms with E-state index in [2.05, 4.69) is 15.4 Å². The lowest BCUT2D eigenvalue weighted by Crippen LogP contribution is -2.61. The first-order chi connectivity index (χ1) is 12.5. The quantitative estimate of drug-likeness (QED) is 0.724. The van der Waals surface area contributed by atoms with Crippen LogP contribution in [-0.2, 0) is 5.54 Å². The van der Waals surface area contributed by atoms with E-state index >= 15 is 0 Å². The van der Waals surface area contributed by atoms with E-state index in [4.69, 9.17) is 0 Å². The minimum Gasteiger partial charge on any atom is -0.435 e. The Balaban J connectivity index is 0.00000261. The number of hydrogen-bond acceptors (Lipinski definition) is 4. The fourth-order valence-electron chi connectivity index (χ4n) is 3.24. The van der Waals surface area contributed by atoms with Crippen LogP contribution in [0.25, 0.3) is 0 Å². The standard InChI is InChI=1S/C19H20F2N2O3.ClH/c20-18(21)26-15-8-4-5-13(11-15)17(25)23-19(9-10-22-12-16(19)24)14-6-2-1-3-7-14;/h1-8,11,16,18,22,24H,9-10,12H2,(H,23,25);1H/t16-,19+;/m1./s1. The largest absolute Gasteiger partial charge is 0.435 e. The van der Waals surface area contributed by atoms with Gasteiger partial charge in [-0.25, -0.2) is 0 Å². The number of ether oxygens (including phenoxy) is 1. The summed E-state index contributed by atoms with van der Waals surface area (Å²) in [5, 5.41) is 16.7. The Labute approximate surface area is 162 Å². The molecule has 1 heterocycles. The molecule has 0 radical (unpaired) electrons. The molecular formula is C19H21ClF2N2O3. The van der Waals surface area contributed by atoms with E-state index in [1.165, 1.54) is 24.3 Å². The monoisotopic (exact) mass is 398 g/mol. The Bertz CT molecular complexity index is 764. The van der Waals surface area contributed by atoms with E-state index in [1.54, 1.807) is 0 Å². The maximum absolute atomic E-state index is 12.8. The molecule has 3 rings (SSSR count). The first kappa shape index (κ1) is 21.1. The van der Waals surface area contributed by atoms with E-state index in [1.807, 2.05) is 30.3 Å². The number of amides is 1. The first-order valence-corrected chi connectivity index (χ1v) is 8.33. The molecule has 2 atom stereocenters. The molecule has 0 spiro atoms. The third-order valence-corrected chi connectivity index (χ3v) is 4.55. The van der Waals surface area contributed by atoms with Gasteiger partial charge in [-0.15, -0.1) is 12.4 Å². The number of rotatable bonds is 5. The number of alkyl halides is 2. The topological polar surface area (TPSA) is 70.6 Å². The number of aliphatic hydroxyl groups excluding tert-OH is 1. The van der Waals surface area contributed by atoms with Crippen molar-refractivity contribution >= 4 is 18.3 Å². The number of nitrogens with one attached hydrogen (secondary N) is 2. The molecule has 0 aromatic heterocycles. The molecule has 0 aliphatic carbocycles. The van der Waals surface area contributed by atoms with E-state index in [9.17, 15) is 18.7 Å². The van der Waals surface area contributed by atoms with Crippen molar-refractivity contribution < 1.29 is 23.4 Å². The highest BCUT2D eigenvalue weighted by molar-refractivity contribution is 5.95. The summed E-state index contributed by atoms with van der Waals surface area (Å²) in [5.74, 6) is -0.554. The highest BCUT2D eigenvalue weighted by Crippen LogP contribution is 2.31. The molecule has 5 nitrogen and oxygen atoms in total. The van der Waals surface area contributed by atoms with Crippen LogP contribution >= 0.6 is 12.4 Å². The summed E-state index contributed by atoms with van der Waals surface area (Å²) < 4.78 is 29.1. The second-order valence-electron chi connectivity index (χ2n) is 6.17. The maximum atomic E-state index is 12.8. The van der Waals surface area contributed by atoms with Crippen molar-refractivity contribution in [2.45, 2.75) is 24.7 Å². The fourth-order valence-corrected chi connectivity index (χ4v) is 3.24. The number of carbonyl (C=O) groups is 1. The summed E-state index contributed by atoms with van der Waals surface area (Å²) in [5.41, 5.74) is 0.0231. The lowest BCUT2D eigenvalue weighted by Gasteiger charge is -2.43. The van der Waals surface area contributed by atoms with Gasteiger partial charge in [0.2, 0.25) is 0 Å². The molecule has 1 amide bonds. The van der Waals surface area contributed by atoms with Gasteiger partial charge in [0.25, 0.3) is 5.91 Å². The van der Waals surface area contributed by atoms with Crippen LogP contribution in [0.15, 0.2) is 54.6 Å². The molecule has 27 heavy (non-hydrogen) atoms. The van der Waals surface area contributed by atoms with Crippen molar-refractivity contribution in [1.82, 2.24) is 10.6 Å². The number of hydrogen-bond donors (Lipinski definition) is 3. The van der Waals surface area contributed by atoms with Crippen molar-refractivity contribution in [3.63, 3.8) is 0 Å². The Morgan fingerprint density at radius 1 is 1.22 bits per heavy atom. The van der Waals surface area contributed by atoms with Crippen LogP contribution in [0.4, 0.5) is 8.78 Å². The number of carbonyl (C=O) groups excluding carboxylic acids is 1. The van der Waals surface area contributed by atoms with Crippen LogP contribution in [0.2, 0.25) is 0 Å². The Morgan fingerprint density at radius 2 is 1.96 bits per heavy atom. The smallest absolute Gasteiger partial charge is 0.387 e. The van der Waals surface area contributed by atoms with Crippen LogP contribution in [0.1, 0.15) is 22.3 Å². The van der Waals surface area contributed by atoms with E-state index in [0.717, 1.165) is 5.56 Å². The van der Waals surface area contributed by atoms with Crippen LogP contribution in [-0.4, -0.2) is 36.8 Å². The molecular weight excluding hydrogens is 378 g/mol. The second kappa shape index (κ2) is 9.12. The number of halogens is 3. The molecule has 8 heteroatoms. The second-order valence-corrected chi connectivity index (χ2v) is 6.17. The van der Waals surface area contributed by atoms with E-state index in [0.29, 0.717) is 19.5 Å². The highest BCUT2D eigenvalue weighted by Gasteiger charge is 2.42. The fraction of sp³-hybridized carbons (Fsp3) is 0.316. The molecule has 2 aromatic carbocycles. The molecule has 1 fully saturated rings. The molecule has 1 saturated heterocycles. The van der Waals surface area contributed by atoms with Gasteiger partial charge in [-0.1, -0.05) is 36.4 Å². The van der Waals surface area contributed by atoms with Gasteiger partial charge >= 0.3 is 6.61 Å². The summed E-state index contributed by atoms with van der Waals surface area (Å²) >= 11 is 0. The molecule has 1 aliphatic heterocycles. The lowest BCUT2D eigenvalue weighted by atomic mass is 9.79. The molecule has 2 aromatic rings. The van der Waals surface area contributed by atoms with Crippen molar-refractivity contribution in [3.8, 4) is 5.75 Å². The molecule has 146 valence electrons. The zero-order valence-corrected chi connectivity index (χ0v) is 15.2. The number of aliphatic hydroxyl groups is 1. The summed E-state index contributed by atoms with van der Waals surface area (Å²) in [4.78, 5) is 12.8. The van der Waals surface area contributed by atoms with Crippen molar-refractivity contribution in [1.29, 1.82) is 0 Å². The van der Waals surface area contributed by atoms with Gasteiger partial charge in [-0.3, -0.25) is 4.79 Å². The molecule has 0 saturated carbocycles. The SMILES string of the molecule is Cl.O=C(N[C@]1(c2ccccc2)CCNC[C@H]1O)c1cccc(OC(F)F)c1. The maximum Gasteiger partial charge on any atom is 0.387 e. The van der Waals surface area contributed by atoms with Crippen molar-refractivity contribution in [2.75, 3.05) is 13.1 Å². The summed E-state index contributed by atoms with van der Waals surface area (Å²) in [6.07, 6.45) is -0.333. The third kappa shape index (κ3) is 4.74. The average molecular weight is 399 g/mol. The number of piperidine rings is 1. The predicted octanol–water partition coefficient (Wildman–Crippen LogP) is 2.69. The molecule has 0 unspecified atom stereocenters. The van der Waals surface area contributed by atoms with E-state index in [-0.39, 0.29) is 23.7 Å². The van der Waals surface area contributed by atoms with Crippen LogP contribution in [0.5, 0.6) is 5.75 Å².